The van der Waals surface area contributed by atoms with E-state index in [1.165, 1.54) is 0 Å². The van der Waals surface area contributed by atoms with Gasteiger partial charge in [0.25, 0.3) is 0 Å². The zero-order chi connectivity index (χ0) is 14.4. The van der Waals surface area contributed by atoms with Crippen molar-refractivity contribution in [2.24, 2.45) is 5.92 Å². The summed E-state index contributed by atoms with van der Waals surface area (Å²) in [6, 6.07) is 3.62. The van der Waals surface area contributed by atoms with Gasteiger partial charge in [0.1, 0.15) is 0 Å². The van der Waals surface area contributed by atoms with Crippen LogP contribution in [0.3, 0.4) is 0 Å². The van der Waals surface area contributed by atoms with Gasteiger partial charge in [-0.2, -0.15) is 0 Å². The summed E-state index contributed by atoms with van der Waals surface area (Å²) in [5, 5.41) is 3.06. The van der Waals surface area contributed by atoms with Gasteiger partial charge in [0.05, 0.1) is 14.2 Å². The first-order chi connectivity index (χ1) is 9.08. The predicted molar refractivity (Wildman–Crippen MR) is 76.3 cm³/mol. The van der Waals surface area contributed by atoms with Gasteiger partial charge in [-0.3, -0.25) is 4.79 Å². The van der Waals surface area contributed by atoms with Crippen molar-refractivity contribution in [3.05, 3.63) is 23.3 Å². The molecular weight excluding hydrogens is 242 g/mol. The molecule has 0 saturated heterocycles. The van der Waals surface area contributed by atoms with Crippen molar-refractivity contribution in [1.82, 2.24) is 5.32 Å². The highest BCUT2D eigenvalue weighted by atomic mass is 16.5. The average Bonchev–Trinajstić information content (AvgIpc) is 2.43. The van der Waals surface area contributed by atoms with Crippen molar-refractivity contribution in [3.8, 4) is 11.5 Å². The standard InChI is InChI=1S/C15H23NO3/c1-6-11(9-16-3)15(17)12-8-14(19-5)13(18-4)7-10(12)2/h7-8,11,16H,6,9H2,1-5H3. The highest BCUT2D eigenvalue weighted by molar-refractivity contribution is 6.00. The van der Waals surface area contributed by atoms with Crippen LogP contribution in [0.4, 0.5) is 0 Å². The van der Waals surface area contributed by atoms with Gasteiger partial charge in [-0.25, -0.2) is 0 Å². The summed E-state index contributed by atoms with van der Waals surface area (Å²) in [5.41, 5.74) is 1.62. The molecule has 0 radical (unpaired) electrons. The van der Waals surface area contributed by atoms with E-state index < -0.39 is 0 Å². The molecule has 1 atom stereocenters. The zero-order valence-corrected chi connectivity index (χ0v) is 12.4. The average molecular weight is 265 g/mol. The fourth-order valence-electron chi connectivity index (χ4n) is 2.13. The molecule has 19 heavy (non-hydrogen) atoms. The molecule has 0 bridgehead atoms. The second-order valence-electron chi connectivity index (χ2n) is 4.55. The van der Waals surface area contributed by atoms with Crippen molar-refractivity contribution in [3.63, 3.8) is 0 Å². The van der Waals surface area contributed by atoms with E-state index in [0.29, 0.717) is 23.6 Å². The van der Waals surface area contributed by atoms with Crippen molar-refractivity contribution in [2.75, 3.05) is 27.8 Å². The molecule has 1 N–H and O–H groups in total. The van der Waals surface area contributed by atoms with E-state index in [2.05, 4.69) is 5.32 Å². The number of Topliss-reactive ketones (excluding diaryl/α,β-unsaturated/α-hetero) is 1. The van der Waals surface area contributed by atoms with Crippen LogP contribution in [0.5, 0.6) is 11.5 Å². The zero-order valence-electron chi connectivity index (χ0n) is 12.4. The number of carbonyl (C=O) groups excluding carboxylic acids is 1. The minimum atomic E-state index is -0.0122. The second-order valence-corrected chi connectivity index (χ2v) is 4.55. The Morgan fingerprint density at radius 1 is 1.26 bits per heavy atom. The van der Waals surface area contributed by atoms with Gasteiger partial charge < -0.3 is 14.8 Å². The van der Waals surface area contributed by atoms with E-state index in [9.17, 15) is 4.79 Å². The first kappa shape index (κ1) is 15.5. The molecule has 0 aliphatic carbocycles. The maximum absolute atomic E-state index is 12.5. The summed E-state index contributed by atoms with van der Waals surface area (Å²) in [5.74, 6) is 1.38. The molecular formula is C15H23NO3. The van der Waals surface area contributed by atoms with E-state index in [1.807, 2.05) is 27.0 Å². The summed E-state index contributed by atoms with van der Waals surface area (Å²) in [6.07, 6.45) is 0.813. The fraction of sp³-hybridized carbons (Fsp3) is 0.533. The lowest BCUT2D eigenvalue weighted by molar-refractivity contribution is 0.0915. The molecule has 0 aliphatic heterocycles. The highest BCUT2D eigenvalue weighted by Crippen LogP contribution is 2.31. The van der Waals surface area contributed by atoms with Crippen molar-refractivity contribution >= 4 is 5.78 Å². The molecule has 0 saturated carbocycles. The Labute approximate surface area is 115 Å². The molecule has 0 aromatic heterocycles. The van der Waals surface area contributed by atoms with Crippen LogP contribution in [-0.4, -0.2) is 33.6 Å². The fourth-order valence-corrected chi connectivity index (χ4v) is 2.13. The third kappa shape index (κ3) is 3.47. The number of aryl methyl sites for hydroxylation is 1. The normalized spacial score (nSPS) is 12.1. The van der Waals surface area contributed by atoms with Crippen LogP contribution in [-0.2, 0) is 0 Å². The molecule has 0 aliphatic rings. The Morgan fingerprint density at radius 3 is 2.32 bits per heavy atom. The van der Waals surface area contributed by atoms with Crippen LogP contribution in [0.25, 0.3) is 0 Å². The molecule has 1 unspecified atom stereocenters. The molecule has 1 aromatic rings. The number of nitrogens with one attached hydrogen (secondary N) is 1. The maximum Gasteiger partial charge on any atom is 0.167 e. The summed E-state index contributed by atoms with van der Waals surface area (Å²) >= 11 is 0. The summed E-state index contributed by atoms with van der Waals surface area (Å²) < 4.78 is 10.5. The number of ketones is 1. The first-order valence-corrected chi connectivity index (χ1v) is 6.50. The molecule has 1 rings (SSSR count). The lowest BCUT2D eigenvalue weighted by Gasteiger charge is -2.17. The van der Waals surface area contributed by atoms with Crippen molar-refractivity contribution in [1.29, 1.82) is 0 Å². The van der Waals surface area contributed by atoms with E-state index in [0.717, 1.165) is 12.0 Å². The molecule has 1 aromatic carbocycles. The van der Waals surface area contributed by atoms with Crippen LogP contribution in [0, 0.1) is 12.8 Å². The van der Waals surface area contributed by atoms with E-state index in [1.54, 1.807) is 20.3 Å². The summed E-state index contributed by atoms with van der Waals surface area (Å²) in [7, 11) is 5.03. The lowest BCUT2D eigenvalue weighted by atomic mass is 9.92. The number of carbonyl (C=O) groups is 1. The second kappa shape index (κ2) is 7.14. The van der Waals surface area contributed by atoms with Crippen LogP contribution < -0.4 is 14.8 Å². The molecule has 106 valence electrons. The van der Waals surface area contributed by atoms with Gasteiger partial charge in [-0.15, -0.1) is 0 Å². The third-order valence-corrected chi connectivity index (χ3v) is 3.31. The van der Waals surface area contributed by atoms with Gasteiger partial charge >= 0.3 is 0 Å². The quantitative estimate of drug-likeness (QED) is 0.769. The molecule has 0 heterocycles. The Kier molecular flexibility index (Phi) is 5.83. The number of benzene rings is 1. The topological polar surface area (TPSA) is 47.6 Å². The maximum atomic E-state index is 12.5. The first-order valence-electron chi connectivity index (χ1n) is 6.50. The Bertz CT molecular complexity index is 443. The smallest absolute Gasteiger partial charge is 0.167 e. The predicted octanol–water partition coefficient (Wildman–Crippen LogP) is 2.44. The van der Waals surface area contributed by atoms with E-state index >= 15 is 0 Å². The van der Waals surface area contributed by atoms with Gasteiger partial charge in [0.2, 0.25) is 0 Å². The van der Waals surface area contributed by atoms with E-state index in [4.69, 9.17) is 9.47 Å². The van der Waals surface area contributed by atoms with Gasteiger partial charge in [0.15, 0.2) is 17.3 Å². The monoisotopic (exact) mass is 265 g/mol. The van der Waals surface area contributed by atoms with Gasteiger partial charge in [-0.1, -0.05) is 6.92 Å². The molecule has 0 fully saturated rings. The highest BCUT2D eigenvalue weighted by Gasteiger charge is 2.21. The van der Waals surface area contributed by atoms with Crippen molar-refractivity contribution in [2.45, 2.75) is 20.3 Å². The number of methoxy groups -OCH3 is 2. The van der Waals surface area contributed by atoms with Gasteiger partial charge in [-0.05, 0) is 38.1 Å². The van der Waals surface area contributed by atoms with Crippen LogP contribution in [0.1, 0.15) is 29.3 Å². The summed E-state index contributed by atoms with van der Waals surface area (Å²) in [6.45, 7) is 4.63. The third-order valence-electron chi connectivity index (χ3n) is 3.31. The minimum absolute atomic E-state index is 0.0122. The van der Waals surface area contributed by atoms with E-state index in [-0.39, 0.29) is 11.7 Å². The Morgan fingerprint density at radius 2 is 1.84 bits per heavy atom. The number of hydrogen-bond donors (Lipinski definition) is 1. The Balaban J connectivity index is 3.15. The molecule has 0 spiro atoms. The summed E-state index contributed by atoms with van der Waals surface area (Å²) in [4.78, 5) is 12.5. The number of ether oxygens (including phenoxy) is 2. The van der Waals surface area contributed by atoms with Crippen molar-refractivity contribution < 1.29 is 14.3 Å². The minimum Gasteiger partial charge on any atom is -0.493 e. The van der Waals surface area contributed by atoms with Gasteiger partial charge in [0, 0.05) is 18.0 Å². The van der Waals surface area contributed by atoms with Crippen LogP contribution in [0.2, 0.25) is 0 Å². The molecule has 4 nitrogen and oxygen atoms in total. The molecule has 4 heteroatoms. The number of hydrogen-bond acceptors (Lipinski definition) is 4. The van der Waals surface area contributed by atoms with Crippen LogP contribution >= 0.6 is 0 Å². The lowest BCUT2D eigenvalue weighted by Crippen LogP contribution is -2.26. The van der Waals surface area contributed by atoms with Crippen LogP contribution in [0.15, 0.2) is 12.1 Å². The molecule has 0 amide bonds. The SMILES string of the molecule is CCC(CNC)C(=O)c1cc(OC)c(OC)cc1C. The number of rotatable bonds is 7. The largest absolute Gasteiger partial charge is 0.493 e. The Hall–Kier alpha value is -1.55.